The average Bonchev–Trinajstić information content (AvgIpc) is 3.35. The third-order valence-corrected chi connectivity index (χ3v) is 6.49. The second-order valence-corrected chi connectivity index (χ2v) is 9.63. The Bertz CT molecular complexity index is 1210. The minimum absolute atomic E-state index is 0.0928. The summed E-state index contributed by atoms with van der Waals surface area (Å²) < 4.78 is 35.4. The van der Waals surface area contributed by atoms with Crippen LogP contribution in [0.3, 0.4) is 0 Å². The molecule has 3 aromatic rings. The number of ether oxygens (including phenoxy) is 2. The summed E-state index contributed by atoms with van der Waals surface area (Å²) in [5, 5.41) is 0.710. The van der Waals surface area contributed by atoms with Gasteiger partial charge in [0.1, 0.15) is 17.2 Å². The van der Waals surface area contributed by atoms with Gasteiger partial charge in [0, 0.05) is 17.3 Å². The molecule has 0 aliphatic heterocycles. The Morgan fingerprint density at radius 1 is 1.10 bits per heavy atom. The number of esters is 2. The number of sulfone groups is 1. The van der Waals surface area contributed by atoms with Crippen molar-refractivity contribution >= 4 is 33.1 Å². The molecule has 0 spiro atoms. The van der Waals surface area contributed by atoms with E-state index < -0.39 is 21.8 Å². The summed E-state index contributed by atoms with van der Waals surface area (Å²) >= 11 is 1.38. The monoisotopic (exact) mass is 462 g/mol. The first-order valence-corrected chi connectivity index (χ1v) is 12.3. The number of benzene rings is 1. The van der Waals surface area contributed by atoms with Crippen LogP contribution in [0.1, 0.15) is 30.2 Å². The van der Waals surface area contributed by atoms with E-state index in [1.165, 1.54) is 17.5 Å². The summed E-state index contributed by atoms with van der Waals surface area (Å²) in [6.45, 7) is 3.86. The summed E-state index contributed by atoms with van der Waals surface area (Å²) in [7, 11) is -3.33. The first kappa shape index (κ1) is 22.7. The second kappa shape index (κ2) is 9.44. The average molecular weight is 463 g/mol. The zero-order valence-electron chi connectivity index (χ0n) is 17.3. The van der Waals surface area contributed by atoms with Crippen LogP contribution in [0.5, 0.6) is 0 Å². The lowest BCUT2D eigenvalue weighted by molar-refractivity contribution is -0.142. The fraction of sp³-hybridized carbons (Fsp3) is 0.286. The van der Waals surface area contributed by atoms with Gasteiger partial charge in [-0.1, -0.05) is 12.1 Å². The highest BCUT2D eigenvalue weighted by Gasteiger charge is 2.20. The predicted molar refractivity (Wildman–Crippen MR) is 116 cm³/mol. The maximum Gasteiger partial charge on any atom is 0.358 e. The number of imidazole rings is 1. The lowest BCUT2D eigenvalue weighted by atomic mass is 10.2. The van der Waals surface area contributed by atoms with Crippen molar-refractivity contribution in [3.63, 3.8) is 0 Å². The van der Waals surface area contributed by atoms with E-state index in [0.29, 0.717) is 10.8 Å². The first-order chi connectivity index (χ1) is 14.7. The summed E-state index contributed by atoms with van der Waals surface area (Å²) in [4.78, 5) is 29.5. The molecule has 8 nitrogen and oxygen atoms in total. The van der Waals surface area contributed by atoms with Crippen molar-refractivity contribution in [2.24, 2.45) is 0 Å². The molecule has 0 amide bonds. The quantitative estimate of drug-likeness (QED) is 0.473. The normalized spacial score (nSPS) is 11.3. The van der Waals surface area contributed by atoms with Crippen molar-refractivity contribution in [3.05, 3.63) is 54.1 Å². The maximum absolute atomic E-state index is 12.1. The molecular formula is C21H22N2O6S2. The lowest BCUT2D eigenvalue weighted by Crippen LogP contribution is -2.11. The van der Waals surface area contributed by atoms with E-state index in [4.69, 9.17) is 9.47 Å². The number of aromatic nitrogens is 2. The van der Waals surface area contributed by atoms with Crippen molar-refractivity contribution < 1.29 is 27.5 Å². The Hall–Kier alpha value is -2.98. The Kier molecular flexibility index (Phi) is 6.91. The fourth-order valence-electron chi connectivity index (χ4n) is 2.87. The molecule has 0 aliphatic rings. The number of hydrogen-bond acceptors (Lipinski definition) is 8. The van der Waals surface area contributed by atoms with Crippen LogP contribution in [0.15, 0.2) is 47.5 Å². The highest BCUT2D eigenvalue weighted by Crippen LogP contribution is 2.32. The zero-order chi connectivity index (χ0) is 22.6. The second-order valence-electron chi connectivity index (χ2n) is 6.55. The summed E-state index contributed by atoms with van der Waals surface area (Å²) in [5.41, 5.74) is 0.840. The van der Waals surface area contributed by atoms with E-state index in [2.05, 4.69) is 4.98 Å². The summed E-state index contributed by atoms with van der Waals surface area (Å²) in [6, 6.07) is 10.3. The molecule has 0 fully saturated rings. The molecule has 3 rings (SSSR count). The molecular weight excluding hydrogens is 440 g/mol. The van der Waals surface area contributed by atoms with Gasteiger partial charge in [0.05, 0.1) is 18.1 Å². The van der Waals surface area contributed by atoms with Gasteiger partial charge in [0.25, 0.3) is 0 Å². The largest absolute Gasteiger partial charge is 0.466 e. The molecule has 0 unspecified atom stereocenters. The third kappa shape index (κ3) is 5.39. The topological polar surface area (TPSA) is 105 Å². The molecule has 31 heavy (non-hydrogen) atoms. The van der Waals surface area contributed by atoms with Crippen LogP contribution < -0.4 is 0 Å². The number of carbonyl (C=O) groups is 2. The molecule has 1 aromatic carbocycles. The van der Waals surface area contributed by atoms with Gasteiger partial charge in [-0.2, -0.15) is 0 Å². The summed E-state index contributed by atoms with van der Waals surface area (Å²) in [6.07, 6.45) is 2.58. The minimum Gasteiger partial charge on any atom is -0.466 e. The van der Waals surface area contributed by atoms with Crippen LogP contribution in [-0.2, 0) is 30.5 Å². The third-order valence-electron chi connectivity index (χ3n) is 4.25. The van der Waals surface area contributed by atoms with Crippen molar-refractivity contribution in [3.8, 4) is 15.4 Å². The molecule has 10 heteroatoms. The van der Waals surface area contributed by atoms with Crippen molar-refractivity contribution in [1.82, 2.24) is 9.55 Å². The number of hydrogen-bond donors (Lipinski definition) is 0. The Labute approximate surface area is 184 Å². The lowest BCUT2D eigenvalue weighted by Gasteiger charge is -2.05. The van der Waals surface area contributed by atoms with Gasteiger partial charge in [0.15, 0.2) is 15.5 Å². The molecule has 0 saturated heterocycles. The maximum atomic E-state index is 12.1. The highest BCUT2D eigenvalue weighted by atomic mass is 32.2. The van der Waals surface area contributed by atoms with Crippen molar-refractivity contribution in [2.75, 3.05) is 19.5 Å². The van der Waals surface area contributed by atoms with E-state index in [1.54, 1.807) is 36.6 Å². The molecule has 0 atom stereocenters. The highest BCUT2D eigenvalue weighted by molar-refractivity contribution is 7.90. The predicted octanol–water partition coefficient (Wildman–Crippen LogP) is 3.29. The van der Waals surface area contributed by atoms with Crippen LogP contribution in [0.2, 0.25) is 0 Å². The van der Waals surface area contributed by atoms with E-state index in [1.807, 2.05) is 18.2 Å². The van der Waals surface area contributed by atoms with E-state index in [-0.39, 0.29) is 30.2 Å². The number of nitrogens with zero attached hydrogens (tertiary/aromatic N) is 2. The fourth-order valence-corrected chi connectivity index (χ4v) is 4.54. The molecule has 0 bridgehead atoms. The summed E-state index contributed by atoms with van der Waals surface area (Å²) in [5.74, 6) is -0.689. The van der Waals surface area contributed by atoms with E-state index >= 15 is 0 Å². The van der Waals surface area contributed by atoms with Gasteiger partial charge < -0.3 is 9.47 Å². The smallest absolute Gasteiger partial charge is 0.358 e. The molecule has 2 aromatic heterocycles. The Morgan fingerprint density at radius 3 is 2.52 bits per heavy atom. The standard InChI is InChI=1S/C21H22N2O6S2/c1-4-28-20(24)12-18-22-16(21(25)29-5-2)13-23(18)19-10-9-17(30-19)14-7-6-8-15(11-14)31(3,26)27/h6-11,13H,4-5,12H2,1-3H3. The Morgan fingerprint density at radius 2 is 1.84 bits per heavy atom. The molecule has 2 heterocycles. The van der Waals surface area contributed by atoms with Gasteiger partial charge >= 0.3 is 11.9 Å². The number of thiophene rings is 1. The van der Waals surface area contributed by atoms with E-state index in [9.17, 15) is 18.0 Å². The van der Waals surface area contributed by atoms with Crippen molar-refractivity contribution in [1.29, 1.82) is 0 Å². The molecule has 0 N–H and O–H groups in total. The van der Waals surface area contributed by atoms with Gasteiger partial charge in [-0.25, -0.2) is 18.2 Å². The van der Waals surface area contributed by atoms with Crippen LogP contribution in [0.25, 0.3) is 15.4 Å². The zero-order valence-corrected chi connectivity index (χ0v) is 19.0. The molecule has 0 aliphatic carbocycles. The molecule has 0 saturated carbocycles. The van der Waals surface area contributed by atoms with Crippen LogP contribution in [0, 0.1) is 0 Å². The molecule has 0 radical (unpaired) electrons. The number of rotatable bonds is 8. The van der Waals surface area contributed by atoms with Gasteiger partial charge in [-0.15, -0.1) is 11.3 Å². The van der Waals surface area contributed by atoms with Crippen LogP contribution >= 0.6 is 11.3 Å². The SMILES string of the molecule is CCOC(=O)Cc1nc(C(=O)OCC)cn1-c1ccc(-c2cccc(S(C)(=O)=O)c2)s1. The van der Waals surface area contributed by atoms with Crippen LogP contribution in [0.4, 0.5) is 0 Å². The molecule has 164 valence electrons. The van der Waals surface area contributed by atoms with Gasteiger partial charge in [-0.3, -0.25) is 9.36 Å². The van der Waals surface area contributed by atoms with Crippen molar-refractivity contribution in [2.45, 2.75) is 25.2 Å². The Balaban J connectivity index is 2.00. The first-order valence-electron chi connectivity index (χ1n) is 9.54. The van der Waals surface area contributed by atoms with Gasteiger partial charge in [-0.05, 0) is 43.7 Å². The number of carbonyl (C=O) groups excluding carboxylic acids is 2. The van der Waals surface area contributed by atoms with Crippen LogP contribution in [-0.4, -0.2) is 49.4 Å². The van der Waals surface area contributed by atoms with E-state index in [0.717, 1.165) is 16.7 Å². The minimum atomic E-state index is -3.33. The van der Waals surface area contributed by atoms with Gasteiger partial charge in [0.2, 0.25) is 0 Å².